The summed E-state index contributed by atoms with van der Waals surface area (Å²) in [4.78, 5) is 1.92. The summed E-state index contributed by atoms with van der Waals surface area (Å²) >= 11 is 0. The molecule has 0 amide bonds. The fraction of sp³-hybridized carbons (Fsp3) is 0.538. The molecule has 0 aliphatic carbocycles. The molecule has 1 rings (SSSR count). The lowest BCUT2D eigenvalue weighted by molar-refractivity contribution is 0.277. The van der Waals surface area contributed by atoms with Crippen LogP contribution in [0.3, 0.4) is 0 Å². The molecular formula is C13H20F2N2O. The Morgan fingerprint density at radius 3 is 2.56 bits per heavy atom. The topological polar surface area (TPSA) is 38.5 Å². The van der Waals surface area contributed by atoms with Crippen LogP contribution in [0.25, 0.3) is 0 Å². The van der Waals surface area contributed by atoms with E-state index in [1.54, 1.807) is 0 Å². The van der Waals surface area contributed by atoms with Crippen LogP contribution in [-0.4, -0.2) is 32.1 Å². The fourth-order valence-corrected chi connectivity index (χ4v) is 1.81. The van der Waals surface area contributed by atoms with E-state index in [0.29, 0.717) is 24.6 Å². The minimum Gasteiger partial charge on any atom is -0.494 e. The lowest BCUT2D eigenvalue weighted by atomic mass is 10.1. The molecule has 0 aromatic heterocycles. The van der Waals surface area contributed by atoms with Crippen LogP contribution in [0.5, 0.6) is 5.75 Å². The normalized spacial score (nSPS) is 12.8. The van der Waals surface area contributed by atoms with Gasteiger partial charge >= 0.3 is 0 Å². The van der Waals surface area contributed by atoms with Crippen molar-refractivity contribution in [2.45, 2.75) is 13.5 Å². The summed E-state index contributed by atoms with van der Waals surface area (Å²) in [6, 6.07) is 2.25. The lowest BCUT2D eigenvalue weighted by Gasteiger charge is -2.20. The number of nitrogens with two attached hydrogens (primary N) is 1. The summed E-state index contributed by atoms with van der Waals surface area (Å²) in [5.74, 6) is -0.759. The molecule has 18 heavy (non-hydrogen) atoms. The monoisotopic (exact) mass is 258 g/mol. The van der Waals surface area contributed by atoms with Gasteiger partial charge < -0.3 is 15.4 Å². The molecule has 3 nitrogen and oxygen atoms in total. The van der Waals surface area contributed by atoms with Gasteiger partial charge in [0.2, 0.25) is 0 Å². The smallest absolute Gasteiger partial charge is 0.165 e. The quantitative estimate of drug-likeness (QED) is 0.848. The molecule has 0 saturated carbocycles. The van der Waals surface area contributed by atoms with Gasteiger partial charge in [-0.3, -0.25) is 0 Å². The molecule has 0 radical (unpaired) electrons. The van der Waals surface area contributed by atoms with Gasteiger partial charge in [0.05, 0.1) is 7.11 Å². The Labute approximate surface area is 107 Å². The number of halogens is 2. The third-order valence-corrected chi connectivity index (χ3v) is 2.79. The number of hydrogen-bond acceptors (Lipinski definition) is 3. The molecule has 0 saturated heterocycles. The molecule has 2 N–H and O–H groups in total. The predicted molar refractivity (Wildman–Crippen MR) is 67.5 cm³/mol. The van der Waals surface area contributed by atoms with E-state index in [4.69, 9.17) is 10.5 Å². The van der Waals surface area contributed by atoms with Crippen molar-refractivity contribution in [2.24, 2.45) is 11.7 Å². The second-order valence-electron chi connectivity index (χ2n) is 4.62. The van der Waals surface area contributed by atoms with E-state index in [1.165, 1.54) is 13.2 Å². The van der Waals surface area contributed by atoms with E-state index in [9.17, 15) is 8.78 Å². The second-order valence-corrected chi connectivity index (χ2v) is 4.62. The van der Waals surface area contributed by atoms with E-state index < -0.39 is 11.6 Å². The van der Waals surface area contributed by atoms with E-state index in [2.05, 4.69) is 0 Å². The summed E-state index contributed by atoms with van der Waals surface area (Å²) < 4.78 is 31.9. The second kappa shape index (κ2) is 6.66. The van der Waals surface area contributed by atoms with Gasteiger partial charge in [0.1, 0.15) is 5.82 Å². The van der Waals surface area contributed by atoms with Gasteiger partial charge in [-0.05, 0) is 25.6 Å². The van der Waals surface area contributed by atoms with Crippen molar-refractivity contribution in [1.82, 2.24) is 4.90 Å². The van der Waals surface area contributed by atoms with Crippen molar-refractivity contribution < 1.29 is 13.5 Å². The summed E-state index contributed by atoms with van der Waals surface area (Å²) in [6.07, 6.45) is 0. The van der Waals surface area contributed by atoms with Gasteiger partial charge in [-0.1, -0.05) is 6.92 Å². The number of ether oxygens (including phenoxy) is 1. The molecule has 1 unspecified atom stereocenters. The van der Waals surface area contributed by atoms with Crippen molar-refractivity contribution in [2.75, 3.05) is 27.2 Å². The zero-order valence-electron chi connectivity index (χ0n) is 11.0. The number of benzene rings is 1. The van der Waals surface area contributed by atoms with E-state index >= 15 is 0 Å². The molecule has 0 spiro atoms. The number of nitrogens with zero attached hydrogens (tertiary/aromatic N) is 1. The van der Waals surface area contributed by atoms with Crippen LogP contribution in [0.2, 0.25) is 0 Å². The lowest BCUT2D eigenvalue weighted by Crippen LogP contribution is -2.28. The number of hydrogen-bond donors (Lipinski definition) is 1. The summed E-state index contributed by atoms with van der Waals surface area (Å²) in [6.45, 7) is 3.67. The van der Waals surface area contributed by atoms with Crippen LogP contribution in [0.1, 0.15) is 12.5 Å². The Morgan fingerprint density at radius 2 is 2.00 bits per heavy atom. The molecule has 1 aromatic rings. The Bertz CT molecular complexity index is 399. The minimum atomic E-state index is -0.547. The first-order valence-corrected chi connectivity index (χ1v) is 5.88. The van der Waals surface area contributed by atoms with Crippen LogP contribution in [0.15, 0.2) is 12.1 Å². The van der Waals surface area contributed by atoms with E-state index in [1.807, 2.05) is 18.9 Å². The maximum Gasteiger partial charge on any atom is 0.165 e. The first kappa shape index (κ1) is 14.9. The molecule has 5 heteroatoms. The van der Waals surface area contributed by atoms with Crippen LogP contribution in [0.4, 0.5) is 8.78 Å². The minimum absolute atomic E-state index is 0.0748. The van der Waals surface area contributed by atoms with Crippen molar-refractivity contribution in [3.63, 3.8) is 0 Å². The largest absolute Gasteiger partial charge is 0.494 e. The van der Waals surface area contributed by atoms with E-state index in [-0.39, 0.29) is 5.75 Å². The van der Waals surface area contributed by atoms with Crippen molar-refractivity contribution in [3.8, 4) is 5.75 Å². The van der Waals surface area contributed by atoms with Gasteiger partial charge in [-0.2, -0.15) is 0 Å². The fourth-order valence-electron chi connectivity index (χ4n) is 1.81. The van der Waals surface area contributed by atoms with E-state index in [0.717, 1.165) is 12.6 Å². The SMILES string of the molecule is COc1cc(F)c(CN(C)CC(C)CN)cc1F. The zero-order chi connectivity index (χ0) is 13.7. The maximum atomic E-state index is 13.7. The highest BCUT2D eigenvalue weighted by Crippen LogP contribution is 2.22. The zero-order valence-corrected chi connectivity index (χ0v) is 11.0. The molecule has 0 fully saturated rings. The summed E-state index contributed by atoms with van der Waals surface area (Å²) in [7, 11) is 3.17. The van der Waals surface area contributed by atoms with Gasteiger partial charge in [-0.15, -0.1) is 0 Å². The van der Waals surface area contributed by atoms with Gasteiger partial charge in [0.25, 0.3) is 0 Å². The van der Waals surface area contributed by atoms with Crippen molar-refractivity contribution in [1.29, 1.82) is 0 Å². The predicted octanol–water partition coefficient (Wildman–Crippen LogP) is 2.00. The van der Waals surface area contributed by atoms with Crippen LogP contribution >= 0.6 is 0 Å². The molecule has 1 aromatic carbocycles. The average molecular weight is 258 g/mol. The summed E-state index contributed by atoms with van der Waals surface area (Å²) in [5, 5.41) is 0. The number of methoxy groups -OCH3 is 1. The van der Waals surface area contributed by atoms with Crippen molar-refractivity contribution >= 4 is 0 Å². The third-order valence-electron chi connectivity index (χ3n) is 2.79. The third kappa shape index (κ3) is 3.92. The van der Waals surface area contributed by atoms with Crippen molar-refractivity contribution in [3.05, 3.63) is 29.3 Å². The Kier molecular flexibility index (Phi) is 5.50. The van der Waals surface area contributed by atoms with Crippen LogP contribution in [-0.2, 0) is 6.54 Å². The highest BCUT2D eigenvalue weighted by molar-refractivity contribution is 5.30. The van der Waals surface area contributed by atoms with Gasteiger partial charge in [-0.25, -0.2) is 8.78 Å². The average Bonchev–Trinajstić information content (AvgIpc) is 2.33. The number of rotatable bonds is 6. The molecule has 0 bridgehead atoms. The van der Waals surface area contributed by atoms with Gasteiger partial charge in [0.15, 0.2) is 11.6 Å². The molecule has 0 heterocycles. The first-order valence-electron chi connectivity index (χ1n) is 5.88. The highest BCUT2D eigenvalue weighted by atomic mass is 19.1. The molecular weight excluding hydrogens is 238 g/mol. The molecule has 102 valence electrons. The van der Waals surface area contributed by atoms with Crippen LogP contribution in [0, 0.1) is 17.6 Å². The maximum absolute atomic E-state index is 13.7. The molecule has 0 aliphatic heterocycles. The molecule has 1 atom stereocenters. The van der Waals surface area contributed by atoms with Gasteiger partial charge in [0, 0.05) is 24.7 Å². The summed E-state index contributed by atoms with van der Waals surface area (Å²) in [5.41, 5.74) is 5.85. The highest BCUT2D eigenvalue weighted by Gasteiger charge is 2.13. The molecule has 0 aliphatic rings. The Hall–Kier alpha value is -1.20. The standard InChI is InChI=1S/C13H20F2N2O/c1-9(6-16)7-17(2)8-10-4-12(15)13(18-3)5-11(10)14/h4-5,9H,6-8,16H2,1-3H3. The van der Waals surface area contributed by atoms with Crippen LogP contribution < -0.4 is 10.5 Å². The first-order chi connectivity index (χ1) is 8.47. The Morgan fingerprint density at radius 1 is 1.33 bits per heavy atom. The Balaban J connectivity index is 2.75.